The summed E-state index contributed by atoms with van der Waals surface area (Å²) in [6.45, 7) is 9.13. The summed E-state index contributed by atoms with van der Waals surface area (Å²) >= 11 is 0. The highest BCUT2D eigenvalue weighted by atomic mass is 32.2. The highest BCUT2D eigenvalue weighted by molar-refractivity contribution is 7.91. The Bertz CT molecular complexity index is 1480. The number of sulfone groups is 1. The van der Waals surface area contributed by atoms with Crippen molar-refractivity contribution in [2.24, 2.45) is 5.92 Å². The van der Waals surface area contributed by atoms with Crippen LogP contribution < -0.4 is 15.1 Å². The molecule has 2 saturated heterocycles. The molecule has 3 aromatic rings. The molecule has 3 aromatic heterocycles. The van der Waals surface area contributed by atoms with E-state index >= 15 is 0 Å². The second-order valence-electron chi connectivity index (χ2n) is 11.4. The number of alkyl halides is 1. The standard InChI is InChI=1S/C27H36FN7O3S/c1-16(2)20-11-31-25(35-13-18(14-35)17(3)39(5,37)38)21-12-30-24(10-19(20)21)32-23-6-8-29-26(33-23)34-9-7-22(36)27(4,28)15-34/h6,8,10-12,16-18,22,36H,7,9,13-15H2,1-5H3,(H,29,30,32,33)/t17-,22-,27+/m1/s1. The predicted octanol–water partition coefficient (Wildman–Crippen LogP) is 3.46. The molecule has 10 nitrogen and oxygen atoms in total. The van der Waals surface area contributed by atoms with Crippen LogP contribution in [0.5, 0.6) is 0 Å². The predicted molar refractivity (Wildman–Crippen MR) is 151 cm³/mol. The number of halogens is 1. The zero-order valence-electron chi connectivity index (χ0n) is 23.0. The summed E-state index contributed by atoms with van der Waals surface area (Å²) in [7, 11) is -3.09. The van der Waals surface area contributed by atoms with Crippen LogP contribution >= 0.6 is 0 Å². The topological polar surface area (TPSA) is 124 Å². The molecule has 0 spiro atoms. The van der Waals surface area contributed by atoms with E-state index in [4.69, 9.17) is 4.98 Å². The van der Waals surface area contributed by atoms with Crippen molar-refractivity contribution in [2.75, 3.05) is 47.6 Å². The number of nitrogens with one attached hydrogen (secondary N) is 1. The van der Waals surface area contributed by atoms with Crippen LogP contribution in [0, 0.1) is 5.92 Å². The molecule has 2 N–H and O–H groups in total. The maximum absolute atomic E-state index is 14.7. The lowest BCUT2D eigenvalue weighted by atomic mass is 9.94. The SMILES string of the molecule is CC(C)c1cnc(N2CC([C@@H](C)S(C)(=O)=O)C2)c2cnc(Nc3ccnc(N4CC[C@@H](O)[C@@](C)(F)C4)n3)cc12. The first-order valence-electron chi connectivity index (χ1n) is 13.3. The fourth-order valence-corrected chi connectivity index (χ4v) is 6.13. The highest BCUT2D eigenvalue weighted by Gasteiger charge is 2.40. The molecular weight excluding hydrogens is 521 g/mol. The molecule has 0 unspecified atom stereocenters. The molecule has 12 heteroatoms. The third-order valence-corrected chi connectivity index (χ3v) is 9.74. The highest BCUT2D eigenvalue weighted by Crippen LogP contribution is 2.36. The Morgan fingerprint density at radius 2 is 1.85 bits per heavy atom. The molecule has 0 saturated carbocycles. The van der Waals surface area contributed by atoms with E-state index in [-0.39, 0.29) is 18.4 Å². The van der Waals surface area contributed by atoms with Gasteiger partial charge in [-0.25, -0.2) is 27.8 Å². The number of aliphatic hydroxyl groups is 1. The van der Waals surface area contributed by atoms with E-state index in [9.17, 15) is 17.9 Å². The molecule has 3 atom stereocenters. The van der Waals surface area contributed by atoms with Gasteiger partial charge in [0.15, 0.2) is 5.67 Å². The van der Waals surface area contributed by atoms with Crippen LogP contribution in [0.15, 0.2) is 30.7 Å². The number of nitrogens with zero attached hydrogens (tertiary/aromatic N) is 6. The lowest BCUT2D eigenvalue weighted by Crippen LogP contribution is -2.53. The fourth-order valence-electron chi connectivity index (χ4n) is 5.26. The number of anilines is 4. The number of hydrogen-bond acceptors (Lipinski definition) is 10. The Hall–Kier alpha value is -3.12. The molecular formula is C27H36FN7O3S. The number of pyridine rings is 2. The normalized spacial score (nSPS) is 23.2. The van der Waals surface area contributed by atoms with Gasteiger partial charge in [0.05, 0.1) is 17.9 Å². The van der Waals surface area contributed by atoms with Gasteiger partial charge in [-0.1, -0.05) is 13.8 Å². The Morgan fingerprint density at radius 1 is 1.10 bits per heavy atom. The number of aliphatic hydroxyl groups excluding tert-OH is 1. The minimum absolute atomic E-state index is 0.0136. The maximum atomic E-state index is 14.7. The third-order valence-electron chi connectivity index (χ3n) is 8.00. The van der Waals surface area contributed by atoms with Gasteiger partial charge in [-0.3, -0.25) is 0 Å². The summed E-state index contributed by atoms with van der Waals surface area (Å²) in [5.41, 5.74) is -0.651. The lowest BCUT2D eigenvalue weighted by Gasteiger charge is -2.43. The molecule has 2 aliphatic rings. The molecule has 2 aliphatic heterocycles. The Balaban J connectivity index is 1.40. The molecule has 210 valence electrons. The first-order valence-corrected chi connectivity index (χ1v) is 15.2. The van der Waals surface area contributed by atoms with Gasteiger partial charge >= 0.3 is 0 Å². The second kappa shape index (κ2) is 10.1. The second-order valence-corrected chi connectivity index (χ2v) is 13.8. The van der Waals surface area contributed by atoms with Gasteiger partial charge in [0.25, 0.3) is 0 Å². The third kappa shape index (κ3) is 5.49. The Labute approximate surface area is 228 Å². The van der Waals surface area contributed by atoms with Crippen LogP contribution in [0.2, 0.25) is 0 Å². The lowest BCUT2D eigenvalue weighted by molar-refractivity contribution is -0.00860. The van der Waals surface area contributed by atoms with E-state index in [0.717, 1.165) is 22.2 Å². The van der Waals surface area contributed by atoms with Crippen LogP contribution in [-0.4, -0.2) is 82.9 Å². The van der Waals surface area contributed by atoms with Gasteiger partial charge in [0.2, 0.25) is 5.95 Å². The van der Waals surface area contributed by atoms with Crippen LogP contribution in [0.25, 0.3) is 10.8 Å². The summed E-state index contributed by atoms with van der Waals surface area (Å²) < 4.78 is 38.7. The van der Waals surface area contributed by atoms with Gasteiger partial charge in [0.1, 0.15) is 27.3 Å². The number of fused-ring (bicyclic) bond motifs is 1. The van der Waals surface area contributed by atoms with Gasteiger partial charge < -0.3 is 20.2 Å². The molecule has 0 aromatic carbocycles. The summed E-state index contributed by atoms with van der Waals surface area (Å²) in [6, 6.07) is 3.71. The Kier molecular flexibility index (Phi) is 7.13. The summed E-state index contributed by atoms with van der Waals surface area (Å²) in [6.07, 6.45) is 5.89. The van der Waals surface area contributed by atoms with Crippen molar-refractivity contribution in [1.29, 1.82) is 0 Å². The van der Waals surface area contributed by atoms with Crippen molar-refractivity contribution in [3.8, 4) is 0 Å². The maximum Gasteiger partial charge on any atom is 0.227 e. The van der Waals surface area contributed by atoms with E-state index in [1.54, 1.807) is 30.3 Å². The van der Waals surface area contributed by atoms with Gasteiger partial charge in [0, 0.05) is 55.8 Å². The van der Waals surface area contributed by atoms with Crippen LogP contribution in [0.3, 0.4) is 0 Å². The zero-order valence-corrected chi connectivity index (χ0v) is 23.8. The van der Waals surface area contributed by atoms with Crippen molar-refractivity contribution in [3.05, 3.63) is 36.3 Å². The van der Waals surface area contributed by atoms with Gasteiger partial charge in [-0.15, -0.1) is 0 Å². The number of rotatable bonds is 7. The summed E-state index contributed by atoms with van der Waals surface area (Å²) in [5.74, 6) is 2.62. The number of hydrogen-bond donors (Lipinski definition) is 2. The van der Waals surface area contributed by atoms with E-state index in [1.165, 1.54) is 13.2 Å². The summed E-state index contributed by atoms with van der Waals surface area (Å²) in [5, 5.41) is 14.7. The van der Waals surface area contributed by atoms with E-state index < -0.39 is 26.9 Å². The summed E-state index contributed by atoms with van der Waals surface area (Å²) in [4.78, 5) is 22.1. The quantitative estimate of drug-likeness (QED) is 0.446. The van der Waals surface area contributed by atoms with Crippen molar-refractivity contribution >= 4 is 44.0 Å². The molecule has 5 heterocycles. The number of aromatic nitrogens is 4. The minimum atomic E-state index is -3.09. The molecule has 0 bridgehead atoms. The van der Waals surface area contributed by atoms with Crippen LogP contribution in [0.4, 0.5) is 27.8 Å². The molecule has 0 radical (unpaired) electrons. The van der Waals surface area contributed by atoms with Crippen LogP contribution in [-0.2, 0) is 9.84 Å². The first kappa shape index (κ1) is 27.4. The molecule has 5 rings (SSSR count). The van der Waals surface area contributed by atoms with Crippen molar-refractivity contribution in [2.45, 2.75) is 57.1 Å². The molecule has 39 heavy (non-hydrogen) atoms. The fraction of sp³-hybridized carbons (Fsp3) is 0.556. The molecule has 2 fully saturated rings. The Morgan fingerprint density at radius 3 is 2.51 bits per heavy atom. The van der Waals surface area contributed by atoms with Crippen LogP contribution in [0.1, 0.15) is 45.6 Å². The minimum Gasteiger partial charge on any atom is -0.390 e. The zero-order chi connectivity index (χ0) is 28.1. The van der Waals surface area contributed by atoms with Gasteiger partial charge in [-0.05, 0) is 49.3 Å². The number of piperidine rings is 1. The van der Waals surface area contributed by atoms with Gasteiger partial charge in [-0.2, -0.15) is 4.98 Å². The van der Waals surface area contributed by atoms with E-state index in [2.05, 4.69) is 39.0 Å². The van der Waals surface area contributed by atoms with Crippen molar-refractivity contribution in [3.63, 3.8) is 0 Å². The monoisotopic (exact) mass is 557 g/mol. The smallest absolute Gasteiger partial charge is 0.227 e. The van der Waals surface area contributed by atoms with Crippen molar-refractivity contribution in [1.82, 2.24) is 19.9 Å². The first-order chi connectivity index (χ1) is 18.3. The average Bonchev–Trinajstić information content (AvgIpc) is 2.84. The average molecular weight is 558 g/mol. The van der Waals surface area contributed by atoms with E-state index in [0.29, 0.717) is 43.6 Å². The largest absolute Gasteiger partial charge is 0.390 e. The molecule has 0 aliphatic carbocycles. The molecule has 0 amide bonds. The van der Waals surface area contributed by atoms with Crippen molar-refractivity contribution < 1.29 is 17.9 Å². The van der Waals surface area contributed by atoms with E-state index in [1.807, 2.05) is 12.3 Å².